The van der Waals surface area contributed by atoms with Gasteiger partial charge in [0.25, 0.3) is 5.91 Å². The molecule has 0 aliphatic carbocycles. The maximum atomic E-state index is 12.8. The van der Waals surface area contributed by atoms with Crippen molar-refractivity contribution in [1.29, 1.82) is 0 Å². The van der Waals surface area contributed by atoms with Crippen LogP contribution in [0.15, 0.2) is 59.0 Å². The highest BCUT2D eigenvalue weighted by molar-refractivity contribution is 7.21. The molecule has 2 aromatic heterocycles. The van der Waals surface area contributed by atoms with Gasteiger partial charge in [-0.3, -0.25) is 4.79 Å². The lowest BCUT2D eigenvalue weighted by Crippen LogP contribution is -2.26. The molecule has 0 atom stereocenters. The number of carbonyl (C=O) groups is 1. The van der Waals surface area contributed by atoms with E-state index < -0.39 is 0 Å². The Kier molecular flexibility index (Phi) is 5.22. The number of fused-ring (bicyclic) bond motifs is 1. The second kappa shape index (κ2) is 7.97. The van der Waals surface area contributed by atoms with E-state index in [9.17, 15) is 4.79 Å². The van der Waals surface area contributed by atoms with Crippen LogP contribution in [-0.2, 0) is 6.54 Å². The third-order valence-electron chi connectivity index (χ3n) is 4.57. The number of aromatic nitrogens is 1. The minimum absolute atomic E-state index is 0.213. The van der Waals surface area contributed by atoms with Crippen LogP contribution in [0.5, 0.6) is 11.5 Å². The Bertz CT molecular complexity index is 1130. The van der Waals surface area contributed by atoms with Crippen LogP contribution in [-0.4, -0.2) is 37.1 Å². The average molecular weight is 408 g/mol. The first-order valence-electron chi connectivity index (χ1n) is 9.01. The Morgan fingerprint density at radius 2 is 1.93 bits per heavy atom. The molecule has 0 bridgehead atoms. The van der Waals surface area contributed by atoms with E-state index in [4.69, 9.17) is 13.9 Å². The van der Waals surface area contributed by atoms with Gasteiger partial charge < -0.3 is 18.8 Å². The van der Waals surface area contributed by atoms with Gasteiger partial charge in [-0.05, 0) is 36.4 Å². The van der Waals surface area contributed by atoms with Crippen LogP contribution in [0.4, 0.5) is 0 Å². The van der Waals surface area contributed by atoms with Crippen molar-refractivity contribution in [2.75, 3.05) is 21.3 Å². The Hall–Kier alpha value is -3.32. The van der Waals surface area contributed by atoms with Gasteiger partial charge in [0.2, 0.25) is 0 Å². The van der Waals surface area contributed by atoms with Crippen LogP contribution in [0.2, 0.25) is 0 Å². The van der Waals surface area contributed by atoms with E-state index in [1.807, 2.05) is 36.4 Å². The molecule has 4 rings (SSSR count). The summed E-state index contributed by atoms with van der Waals surface area (Å²) in [4.78, 5) is 19.0. The van der Waals surface area contributed by atoms with Crippen molar-refractivity contribution in [3.63, 3.8) is 0 Å². The van der Waals surface area contributed by atoms with Crippen LogP contribution in [0.3, 0.4) is 0 Å². The van der Waals surface area contributed by atoms with E-state index >= 15 is 0 Å². The second-order valence-electron chi connectivity index (χ2n) is 6.49. The molecule has 0 fully saturated rings. The highest BCUT2D eigenvalue weighted by Crippen LogP contribution is 2.31. The number of ether oxygens (including phenoxy) is 2. The fourth-order valence-electron chi connectivity index (χ4n) is 3.04. The van der Waals surface area contributed by atoms with Gasteiger partial charge in [0, 0.05) is 25.2 Å². The average Bonchev–Trinajstić information content (AvgIpc) is 3.40. The lowest BCUT2D eigenvalue weighted by Gasteiger charge is -2.18. The highest BCUT2D eigenvalue weighted by atomic mass is 32.1. The summed E-state index contributed by atoms with van der Waals surface area (Å²) in [6.45, 7) is 0.378. The molecule has 148 valence electrons. The number of carbonyl (C=O) groups excluding carboxylic acids is 1. The van der Waals surface area contributed by atoms with Gasteiger partial charge in [-0.25, -0.2) is 4.98 Å². The zero-order valence-corrected chi connectivity index (χ0v) is 17.2. The first kappa shape index (κ1) is 19.0. The Labute approximate surface area is 172 Å². The fraction of sp³-hybridized carbons (Fsp3) is 0.182. The molecule has 6 nitrogen and oxygen atoms in total. The summed E-state index contributed by atoms with van der Waals surface area (Å²) in [7, 11) is 4.92. The van der Waals surface area contributed by atoms with Gasteiger partial charge in [-0.1, -0.05) is 12.1 Å². The number of hydrogen-bond acceptors (Lipinski definition) is 6. The van der Waals surface area contributed by atoms with E-state index in [2.05, 4.69) is 4.98 Å². The predicted molar refractivity (Wildman–Crippen MR) is 113 cm³/mol. The van der Waals surface area contributed by atoms with Crippen molar-refractivity contribution in [2.45, 2.75) is 6.54 Å². The zero-order valence-electron chi connectivity index (χ0n) is 16.3. The van der Waals surface area contributed by atoms with Crippen LogP contribution in [0.25, 0.3) is 21.0 Å². The molecule has 2 heterocycles. The Morgan fingerprint density at radius 3 is 2.69 bits per heavy atom. The molecule has 0 N–H and O–H groups in total. The van der Waals surface area contributed by atoms with Crippen molar-refractivity contribution in [1.82, 2.24) is 9.88 Å². The molecule has 7 heteroatoms. The maximum Gasteiger partial charge on any atom is 0.289 e. The van der Waals surface area contributed by atoms with E-state index in [1.54, 1.807) is 44.4 Å². The quantitative estimate of drug-likeness (QED) is 0.456. The SMILES string of the molecule is COc1ccc(CN(C)C(=O)c2ccc(-c3nc4ccccc4s3)o2)c(OC)c1. The molecule has 29 heavy (non-hydrogen) atoms. The Morgan fingerprint density at radius 1 is 1.10 bits per heavy atom. The highest BCUT2D eigenvalue weighted by Gasteiger charge is 2.19. The number of nitrogens with zero attached hydrogens (tertiary/aromatic N) is 2. The van der Waals surface area contributed by atoms with Crippen LogP contribution in [0, 0.1) is 0 Å². The number of methoxy groups -OCH3 is 2. The van der Waals surface area contributed by atoms with E-state index in [0.717, 1.165) is 20.8 Å². The maximum absolute atomic E-state index is 12.8. The summed E-state index contributed by atoms with van der Waals surface area (Å²) in [5, 5.41) is 0.754. The zero-order chi connectivity index (χ0) is 20.4. The molecule has 0 saturated carbocycles. The second-order valence-corrected chi connectivity index (χ2v) is 7.52. The summed E-state index contributed by atoms with van der Waals surface area (Å²) in [6.07, 6.45) is 0. The van der Waals surface area contributed by atoms with Crippen molar-refractivity contribution in [3.05, 3.63) is 65.9 Å². The minimum atomic E-state index is -0.213. The van der Waals surface area contributed by atoms with Gasteiger partial charge >= 0.3 is 0 Å². The van der Waals surface area contributed by atoms with Gasteiger partial charge in [0.05, 0.1) is 24.4 Å². The van der Waals surface area contributed by atoms with Crippen LogP contribution in [0.1, 0.15) is 16.1 Å². The third kappa shape index (κ3) is 3.82. The fourth-order valence-corrected chi connectivity index (χ4v) is 3.97. The molecule has 2 aromatic carbocycles. The Balaban J connectivity index is 1.52. The van der Waals surface area contributed by atoms with Crippen molar-refractivity contribution in [2.24, 2.45) is 0 Å². The summed E-state index contributed by atoms with van der Waals surface area (Å²) >= 11 is 1.54. The van der Waals surface area contributed by atoms with Gasteiger partial charge in [-0.15, -0.1) is 11.3 Å². The molecule has 0 unspecified atom stereocenters. The van der Waals surface area contributed by atoms with Gasteiger partial charge in [0.15, 0.2) is 16.5 Å². The molecular formula is C22H20N2O4S. The van der Waals surface area contributed by atoms with Crippen LogP contribution < -0.4 is 9.47 Å². The molecule has 4 aromatic rings. The topological polar surface area (TPSA) is 64.8 Å². The number of amides is 1. The normalized spacial score (nSPS) is 10.9. The minimum Gasteiger partial charge on any atom is -0.497 e. The first-order valence-corrected chi connectivity index (χ1v) is 9.83. The smallest absolute Gasteiger partial charge is 0.289 e. The molecule has 0 radical (unpaired) electrons. The van der Waals surface area contributed by atoms with E-state index in [0.29, 0.717) is 23.8 Å². The third-order valence-corrected chi connectivity index (χ3v) is 5.62. The van der Waals surface area contributed by atoms with Crippen molar-refractivity contribution in [3.8, 4) is 22.3 Å². The van der Waals surface area contributed by atoms with Crippen molar-refractivity contribution >= 4 is 27.5 Å². The molecular weight excluding hydrogens is 388 g/mol. The molecule has 0 saturated heterocycles. The predicted octanol–water partition coefficient (Wildman–Crippen LogP) is 4.85. The van der Waals surface area contributed by atoms with E-state index in [-0.39, 0.29) is 11.7 Å². The molecule has 0 aliphatic rings. The largest absolute Gasteiger partial charge is 0.497 e. The number of rotatable bonds is 6. The van der Waals surface area contributed by atoms with Crippen molar-refractivity contribution < 1.29 is 18.7 Å². The monoisotopic (exact) mass is 408 g/mol. The number of hydrogen-bond donors (Lipinski definition) is 0. The molecule has 0 spiro atoms. The summed E-state index contributed by atoms with van der Waals surface area (Å²) < 4.78 is 17.5. The number of para-hydroxylation sites is 1. The number of benzene rings is 2. The summed E-state index contributed by atoms with van der Waals surface area (Å²) in [5.74, 6) is 2.01. The number of thiazole rings is 1. The number of furan rings is 1. The van der Waals surface area contributed by atoms with Gasteiger partial charge in [0.1, 0.15) is 11.5 Å². The summed E-state index contributed by atoms with van der Waals surface area (Å²) in [6, 6.07) is 16.9. The summed E-state index contributed by atoms with van der Waals surface area (Å²) in [5.41, 5.74) is 1.79. The standard InChI is InChI=1S/C22H20N2O4S/c1-24(13-14-8-9-15(26-2)12-19(14)27-3)22(25)18-11-10-17(28-18)21-23-16-6-4-5-7-20(16)29-21/h4-12H,13H2,1-3H3. The molecule has 1 amide bonds. The van der Waals surface area contributed by atoms with Crippen LogP contribution >= 0.6 is 11.3 Å². The lowest BCUT2D eigenvalue weighted by molar-refractivity contribution is 0.0753. The van der Waals surface area contributed by atoms with Gasteiger partial charge in [-0.2, -0.15) is 0 Å². The molecule has 0 aliphatic heterocycles. The van der Waals surface area contributed by atoms with E-state index in [1.165, 1.54) is 11.3 Å². The first-order chi connectivity index (χ1) is 14.1. The lowest BCUT2D eigenvalue weighted by atomic mass is 10.1.